The minimum atomic E-state index is -4.45. The van der Waals surface area contributed by atoms with Gasteiger partial charge in [-0.25, -0.2) is 18.5 Å². The molecule has 0 aliphatic carbocycles. The highest BCUT2D eigenvalue weighted by Gasteiger charge is 2.56. The van der Waals surface area contributed by atoms with Gasteiger partial charge in [-0.15, -0.1) is 0 Å². The van der Waals surface area contributed by atoms with Crippen molar-refractivity contribution in [1.82, 2.24) is 14.6 Å². The highest BCUT2D eigenvalue weighted by Crippen LogP contribution is 2.47. The molecule has 0 saturated carbocycles. The van der Waals surface area contributed by atoms with Gasteiger partial charge in [-0.05, 0) is 51.5 Å². The van der Waals surface area contributed by atoms with Gasteiger partial charge in [-0.1, -0.05) is 12.1 Å². The number of H-pyrrole nitrogens is 1. The molecule has 1 saturated heterocycles. The Hall–Kier alpha value is -3.62. The van der Waals surface area contributed by atoms with Crippen molar-refractivity contribution in [1.29, 1.82) is 0 Å². The van der Waals surface area contributed by atoms with Gasteiger partial charge in [0, 0.05) is 18.3 Å². The molecule has 230 valence electrons. The van der Waals surface area contributed by atoms with Crippen molar-refractivity contribution in [2.75, 3.05) is 13.7 Å². The molecule has 2 heterocycles. The zero-order chi connectivity index (χ0) is 31.2. The number of hydrogen-bond acceptors (Lipinski definition) is 11. The Morgan fingerprint density at radius 3 is 2.50 bits per heavy atom. The number of halogens is 1. The second kappa shape index (κ2) is 13.6. The third-order valence-corrected chi connectivity index (χ3v) is 7.65. The number of nitrogens with zero attached hydrogens (tertiary/aromatic N) is 1. The lowest BCUT2D eigenvalue weighted by Crippen LogP contribution is -2.43. The molecule has 1 aromatic heterocycles. The van der Waals surface area contributed by atoms with Gasteiger partial charge in [0.1, 0.15) is 24.0 Å². The largest absolute Gasteiger partial charge is 0.466 e. The van der Waals surface area contributed by atoms with Crippen LogP contribution in [0, 0.1) is 0 Å². The summed E-state index contributed by atoms with van der Waals surface area (Å²) in [5.74, 6) is -1.29. The number of aliphatic hydroxyl groups excluding tert-OH is 1. The van der Waals surface area contributed by atoms with Crippen molar-refractivity contribution < 1.29 is 46.9 Å². The lowest BCUT2D eigenvalue weighted by Gasteiger charge is -2.25. The molecule has 16 heteroatoms. The maximum Gasteiger partial charge on any atom is 0.459 e. The number of hydrogen-bond donors (Lipinski definition) is 3. The number of carbonyl (C=O) groups excluding carboxylic acids is 2. The van der Waals surface area contributed by atoms with Crippen LogP contribution in [0.5, 0.6) is 5.75 Å². The van der Waals surface area contributed by atoms with Gasteiger partial charge in [0.05, 0.1) is 19.8 Å². The SMILES string of the molecule is COC(=O)C=Cc1ccc(OP(=O)(NC(C)C(=O)OC(C)C)OCC2OC(n3ccc(=O)[nH]c3=O)C(C)(F)C2O)cc1. The summed E-state index contributed by atoms with van der Waals surface area (Å²) in [6, 6.07) is 5.72. The first-order valence-electron chi connectivity index (χ1n) is 12.8. The predicted molar refractivity (Wildman–Crippen MR) is 146 cm³/mol. The Kier molecular flexibility index (Phi) is 10.6. The van der Waals surface area contributed by atoms with Gasteiger partial charge in [-0.2, -0.15) is 5.09 Å². The topological polar surface area (TPSA) is 184 Å². The number of alkyl halides is 1. The summed E-state index contributed by atoms with van der Waals surface area (Å²) in [7, 11) is -3.21. The highest BCUT2D eigenvalue weighted by molar-refractivity contribution is 7.52. The first-order chi connectivity index (χ1) is 19.6. The van der Waals surface area contributed by atoms with Crippen LogP contribution < -0.4 is 20.9 Å². The molecule has 1 aromatic carbocycles. The number of nitrogens with one attached hydrogen (secondary N) is 2. The van der Waals surface area contributed by atoms with E-state index in [9.17, 15) is 28.8 Å². The molecule has 1 fully saturated rings. The standard InChI is InChI=1S/C26H33FN3O11P/c1-15(2)39-23(34)16(3)29-42(36,41-18-9-6-17(7-10-18)8-11-21(32)37-5)38-14-19-22(33)26(4,27)24(40-19)30-13-12-20(31)28-25(30)35/h6-13,15-16,19,22,24,33H,14H2,1-5H3,(H,29,36)(H,28,31,35). The van der Waals surface area contributed by atoms with Crippen LogP contribution in [0.1, 0.15) is 39.5 Å². The second-order valence-corrected chi connectivity index (χ2v) is 11.5. The van der Waals surface area contributed by atoms with Crippen LogP contribution in [-0.2, 0) is 32.9 Å². The number of rotatable bonds is 12. The molecule has 6 unspecified atom stereocenters. The number of benzene rings is 1. The van der Waals surface area contributed by atoms with E-state index in [1.807, 2.05) is 4.98 Å². The summed E-state index contributed by atoms with van der Waals surface area (Å²) >= 11 is 0. The van der Waals surface area contributed by atoms with E-state index in [0.29, 0.717) is 5.56 Å². The molecule has 14 nitrogen and oxygen atoms in total. The quantitative estimate of drug-likeness (QED) is 0.180. The lowest BCUT2D eigenvalue weighted by molar-refractivity contribution is -0.149. The molecule has 6 atom stereocenters. The van der Waals surface area contributed by atoms with Crippen molar-refractivity contribution in [3.8, 4) is 5.75 Å². The van der Waals surface area contributed by atoms with Crippen molar-refractivity contribution >= 4 is 25.8 Å². The lowest BCUT2D eigenvalue weighted by atomic mass is 9.98. The van der Waals surface area contributed by atoms with Gasteiger partial charge in [0.2, 0.25) is 0 Å². The molecule has 2 aromatic rings. The van der Waals surface area contributed by atoms with Gasteiger partial charge >= 0.3 is 25.4 Å². The minimum Gasteiger partial charge on any atom is -0.466 e. The van der Waals surface area contributed by atoms with Crippen LogP contribution in [0.4, 0.5) is 4.39 Å². The number of esters is 2. The van der Waals surface area contributed by atoms with Crippen molar-refractivity contribution in [2.24, 2.45) is 0 Å². The van der Waals surface area contributed by atoms with Gasteiger partial charge in [-0.3, -0.25) is 23.7 Å². The number of aliphatic hydroxyl groups is 1. The maximum atomic E-state index is 15.6. The van der Waals surface area contributed by atoms with E-state index in [-0.39, 0.29) is 5.75 Å². The van der Waals surface area contributed by atoms with Crippen LogP contribution in [0.3, 0.4) is 0 Å². The monoisotopic (exact) mass is 613 g/mol. The van der Waals surface area contributed by atoms with Crippen LogP contribution in [0.15, 0.2) is 52.2 Å². The number of aromatic amines is 1. The second-order valence-electron chi connectivity index (χ2n) is 9.79. The Balaban J connectivity index is 1.82. The highest BCUT2D eigenvalue weighted by atomic mass is 31.2. The summed E-state index contributed by atoms with van der Waals surface area (Å²) < 4.78 is 56.5. The van der Waals surface area contributed by atoms with E-state index >= 15 is 4.39 Å². The summed E-state index contributed by atoms with van der Waals surface area (Å²) in [4.78, 5) is 49.3. The smallest absolute Gasteiger partial charge is 0.459 e. The molecular formula is C26H33FN3O11P. The first-order valence-corrected chi connectivity index (χ1v) is 14.3. The average Bonchev–Trinajstić information content (AvgIpc) is 3.14. The third-order valence-electron chi connectivity index (χ3n) is 6.01. The van der Waals surface area contributed by atoms with Crippen LogP contribution in [-0.4, -0.2) is 70.3 Å². The van der Waals surface area contributed by atoms with Gasteiger partial charge < -0.3 is 23.8 Å². The molecule has 1 aliphatic heterocycles. The molecule has 0 radical (unpaired) electrons. The van der Waals surface area contributed by atoms with Gasteiger partial charge in [0.15, 0.2) is 11.9 Å². The molecule has 3 rings (SSSR count). The zero-order valence-corrected chi connectivity index (χ0v) is 24.4. The number of methoxy groups -OCH3 is 1. The fourth-order valence-electron chi connectivity index (χ4n) is 3.86. The fourth-order valence-corrected chi connectivity index (χ4v) is 5.36. The Labute approximate surface area is 240 Å². The first kappa shape index (κ1) is 32.9. The summed E-state index contributed by atoms with van der Waals surface area (Å²) in [5, 5.41) is 13.1. The maximum absolute atomic E-state index is 15.6. The minimum absolute atomic E-state index is 0.0337. The van der Waals surface area contributed by atoms with Crippen molar-refractivity contribution in [2.45, 2.75) is 63.9 Å². The fraction of sp³-hybridized carbons (Fsp3) is 0.462. The zero-order valence-electron chi connectivity index (χ0n) is 23.5. The number of ether oxygens (including phenoxy) is 3. The van der Waals surface area contributed by atoms with Gasteiger partial charge in [0.25, 0.3) is 5.56 Å². The van der Waals surface area contributed by atoms with E-state index < -0.39 is 73.8 Å². The Bertz CT molecular complexity index is 1450. The molecule has 0 spiro atoms. The Morgan fingerprint density at radius 2 is 1.90 bits per heavy atom. The summed E-state index contributed by atoms with van der Waals surface area (Å²) in [5.41, 5.74) is -3.63. The predicted octanol–water partition coefficient (Wildman–Crippen LogP) is 1.84. The summed E-state index contributed by atoms with van der Waals surface area (Å²) in [6.07, 6.45) is -1.75. The molecule has 0 amide bonds. The molecule has 1 aliphatic rings. The van der Waals surface area contributed by atoms with Crippen LogP contribution in [0.2, 0.25) is 0 Å². The van der Waals surface area contributed by atoms with Crippen molar-refractivity contribution in [3.05, 3.63) is 69.0 Å². The van der Waals surface area contributed by atoms with E-state index in [2.05, 4.69) is 9.82 Å². The van der Waals surface area contributed by atoms with E-state index in [1.54, 1.807) is 26.0 Å². The van der Waals surface area contributed by atoms with E-state index in [1.165, 1.54) is 38.3 Å². The molecular weight excluding hydrogens is 580 g/mol. The normalized spacial score (nSPS) is 24.3. The number of carbonyl (C=O) groups is 2. The average molecular weight is 614 g/mol. The summed E-state index contributed by atoms with van der Waals surface area (Å²) in [6.45, 7) is 4.91. The molecule has 3 N–H and O–H groups in total. The molecule has 0 bridgehead atoms. The van der Waals surface area contributed by atoms with Crippen LogP contribution in [0.25, 0.3) is 6.08 Å². The molecule has 42 heavy (non-hydrogen) atoms. The number of aromatic nitrogens is 2. The van der Waals surface area contributed by atoms with Crippen molar-refractivity contribution in [3.63, 3.8) is 0 Å². The van der Waals surface area contributed by atoms with E-state index in [0.717, 1.165) is 23.8 Å². The third kappa shape index (κ3) is 8.23. The van der Waals surface area contributed by atoms with E-state index in [4.69, 9.17) is 18.5 Å². The van der Waals surface area contributed by atoms with Crippen LogP contribution >= 0.6 is 7.75 Å². The Morgan fingerprint density at radius 1 is 1.24 bits per heavy atom.